The van der Waals surface area contributed by atoms with Gasteiger partial charge in [-0.25, -0.2) is 0 Å². The Kier molecular flexibility index (Phi) is 32.9. The minimum absolute atomic E-state index is 0.101. The van der Waals surface area contributed by atoms with Crippen LogP contribution < -0.4 is 63.7 Å². The van der Waals surface area contributed by atoms with Gasteiger partial charge < -0.3 is 8.85 Å². The third-order valence-electron chi connectivity index (χ3n) is 16.9. The van der Waals surface area contributed by atoms with Gasteiger partial charge in [0.2, 0.25) is 18.8 Å². The highest BCUT2D eigenvalue weighted by Gasteiger charge is 2.19. The van der Waals surface area contributed by atoms with Crippen LogP contribution in [0.5, 0.6) is 0 Å². The van der Waals surface area contributed by atoms with Gasteiger partial charge in [-0.2, -0.15) is 0 Å². The van der Waals surface area contributed by atoms with Crippen LogP contribution in [0, 0.1) is 20.8 Å². The maximum atomic E-state index is 5.43. The molecule has 0 amide bonds. The van der Waals surface area contributed by atoms with Crippen molar-refractivity contribution >= 4 is 142 Å². The van der Waals surface area contributed by atoms with Gasteiger partial charge in [0.15, 0.2) is 0 Å². The monoisotopic (exact) mass is 1540 g/mol. The zero-order valence-electron chi connectivity index (χ0n) is 60.4. The Balaban J connectivity index is 0.000000137. The normalized spacial score (nSPS) is 10.4. The summed E-state index contributed by atoms with van der Waals surface area (Å²) in [4.78, 5) is 0. The lowest BCUT2D eigenvalue weighted by Gasteiger charge is -2.18. The van der Waals surface area contributed by atoms with E-state index in [0.717, 1.165) is 4.47 Å². The molecule has 0 atom stereocenters. The van der Waals surface area contributed by atoms with Crippen molar-refractivity contribution in [3.05, 3.63) is 457 Å². The Labute approximate surface area is 648 Å². The topological polar surface area (TPSA) is 18.5 Å². The lowest BCUT2D eigenvalue weighted by molar-refractivity contribution is 0.335. The summed E-state index contributed by atoms with van der Waals surface area (Å²) in [5, 5.41) is 16.8. The summed E-state index contributed by atoms with van der Waals surface area (Å²) in [6.45, 7) is 7.70. The van der Waals surface area contributed by atoms with Gasteiger partial charge in [-0.1, -0.05) is 446 Å². The number of rotatable bonds is 19. The molecule has 0 aromatic heterocycles. The Morgan fingerprint density at radius 3 is 0.613 bits per heavy atom. The van der Waals surface area contributed by atoms with E-state index in [0.29, 0.717) is 13.2 Å². The van der Waals surface area contributed by atoms with Crippen LogP contribution in [0.25, 0.3) is 11.1 Å². The fourth-order valence-electron chi connectivity index (χ4n) is 11.6. The van der Waals surface area contributed by atoms with Crippen LogP contribution in [0.4, 0.5) is 0 Å². The zero-order valence-corrected chi connectivity index (χ0v) is 67.9. The second-order valence-corrected chi connectivity index (χ2v) is 35.5. The number of halogens is 1. The van der Waals surface area contributed by atoms with Gasteiger partial charge in [-0.3, -0.25) is 0 Å². The summed E-state index contributed by atoms with van der Waals surface area (Å²) in [6.07, 6.45) is 7.46. The Morgan fingerprint density at radius 1 is 0.236 bits per heavy atom. The zero-order chi connectivity index (χ0) is 73.6. The molecule has 0 aliphatic rings. The van der Waals surface area contributed by atoms with E-state index in [1.165, 1.54) is 103 Å². The molecule has 0 radical (unpaired) electrons. The maximum Gasteiger partial charge on any atom is 0.208 e. The Hall–Kier alpha value is -9.73. The van der Waals surface area contributed by atoms with E-state index < -0.39 is 31.7 Å². The van der Waals surface area contributed by atoms with Crippen molar-refractivity contribution in [2.45, 2.75) is 34.0 Å². The highest BCUT2D eigenvalue weighted by Crippen LogP contribution is 2.36. The molecule has 15 aromatic carbocycles. The van der Waals surface area contributed by atoms with E-state index in [9.17, 15) is 0 Å². The van der Waals surface area contributed by atoms with Gasteiger partial charge >= 0.3 is 0 Å². The number of hydrogen-bond donors (Lipinski definition) is 0. The van der Waals surface area contributed by atoms with Gasteiger partial charge in [0, 0.05) is 4.47 Å². The molecule has 0 aliphatic heterocycles. The van der Waals surface area contributed by atoms with Crippen LogP contribution in [-0.2, 0) is 22.1 Å². The maximum absolute atomic E-state index is 5.43. The van der Waals surface area contributed by atoms with Crippen molar-refractivity contribution in [3.63, 3.8) is 0 Å². The molecule has 2 nitrogen and oxygen atoms in total. The molecule has 106 heavy (non-hydrogen) atoms. The van der Waals surface area contributed by atoms with E-state index >= 15 is 0 Å². The van der Waals surface area contributed by atoms with E-state index in [4.69, 9.17) is 8.85 Å². The molecule has 0 spiro atoms. The fraction of sp³-hybridized carbons (Fsp3) is 0.0515. The first-order valence-corrected chi connectivity index (χ1v) is 44.2. The highest BCUT2D eigenvalue weighted by atomic mass is 79.9. The summed E-state index contributed by atoms with van der Waals surface area (Å²) >= 11 is 3.42. The van der Waals surface area contributed by atoms with Crippen molar-refractivity contribution in [1.82, 2.24) is 0 Å². The Morgan fingerprint density at radius 2 is 0.425 bits per heavy atom. The van der Waals surface area contributed by atoms with Crippen LogP contribution in [-0.4, -0.2) is 31.1 Å². The second-order valence-electron chi connectivity index (χ2n) is 24.4. The van der Waals surface area contributed by atoms with Gasteiger partial charge in [0.25, 0.3) is 0 Å². The molecule has 0 saturated heterocycles. The van der Waals surface area contributed by atoms with Crippen LogP contribution in [0.15, 0.2) is 429 Å². The van der Waals surface area contributed by atoms with E-state index in [2.05, 4.69) is 468 Å². The smallest absolute Gasteiger partial charge is 0.208 e. The van der Waals surface area contributed by atoms with E-state index in [1.807, 2.05) is 6.07 Å². The van der Waals surface area contributed by atoms with Gasteiger partial charge in [0.1, 0.15) is 0 Å². The molecule has 0 N–H and O–H groups in total. The predicted molar refractivity (Wildman–Crippen MR) is 479 cm³/mol. The van der Waals surface area contributed by atoms with Gasteiger partial charge in [0.05, 0.1) is 13.2 Å². The van der Waals surface area contributed by atoms with Gasteiger partial charge in [-0.05, 0) is 162 Å². The molecule has 15 rings (SSSR count). The molecule has 0 unspecified atom stereocenters. The third-order valence-corrected chi connectivity index (χ3v) is 28.0. The van der Waals surface area contributed by atoms with Crippen molar-refractivity contribution in [3.8, 4) is 11.1 Å². The molecule has 0 saturated carbocycles. The molecule has 0 heterocycles. The number of aryl methyl sites for hydroxylation is 3. The minimum Gasteiger partial charge on any atom is -0.550 e. The van der Waals surface area contributed by atoms with Crippen molar-refractivity contribution in [2.24, 2.45) is 0 Å². The van der Waals surface area contributed by atoms with E-state index in [1.54, 1.807) is 0 Å². The predicted octanol–water partition coefficient (Wildman–Crippen LogP) is 19.1. The average Bonchev–Trinajstić information content (AvgIpc) is 0.836. The van der Waals surface area contributed by atoms with Crippen LogP contribution in [0.3, 0.4) is 0 Å². The van der Waals surface area contributed by atoms with Crippen molar-refractivity contribution in [1.29, 1.82) is 0 Å². The summed E-state index contributed by atoms with van der Waals surface area (Å²) < 4.78 is 11.8. The number of benzene rings is 15. The largest absolute Gasteiger partial charge is 0.550 e. The molecular weight excluding hydrogens is 1460 g/mol. The average molecular weight is 1550 g/mol. The van der Waals surface area contributed by atoms with Crippen LogP contribution in [0.1, 0.15) is 27.8 Å². The quantitative estimate of drug-likeness (QED) is 0.0593. The molecule has 0 bridgehead atoms. The molecule has 9 heteroatoms. The summed E-state index contributed by atoms with van der Waals surface area (Å²) in [7, 11) is -2.02. The standard InChI is InChI=1S/4C18H15P.C16H18OSi.C9H11BrOSi/c4*1-4-10-16(11-5-1)19(17-12-6-2-7-13-17)18-14-8-3-9-15-18;1-12-4-6-14(7-5-12)15-8-9-16(11-17-18-3)13(2)10-15;1-7-5-9(10)4-3-8(7)6-11-12-2/h4*1-15H;4-10,18H,3,11H2,1-2H3;3-5,12H,2,6H2,1H3. The molecule has 0 fully saturated rings. The Bertz CT molecular complexity index is 4090. The molecule has 0 aliphatic carbocycles. The van der Waals surface area contributed by atoms with Crippen molar-refractivity contribution < 1.29 is 8.85 Å². The van der Waals surface area contributed by atoms with Crippen LogP contribution in [0.2, 0.25) is 0 Å². The first-order valence-electron chi connectivity index (χ1n) is 35.4. The lowest BCUT2D eigenvalue weighted by atomic mass is 9.99. The third kappa shape index (κ3) is 24.7. The summed E-state index contributed by atoms with van der Waals surface area (Å²) in [6, 6.07) is 151. The second kappa shape index (κ2) is 44.3. The molecule has 15 aromatic rings. The molecule has 524 valence electrons. The van der Waals surface area contributed by atoms with E-state index in [-0.39, 0.29) is 18.8 Å². The minimum atomic E-state index is -0.446. The summed E-state index contributed by atoms with van der Waals surface area (Å²) in [5.74, 6) is 0. The first-order chi connectivity index (χ1) is 52.2. The summed E-state index contributed by atoms with van der Waals surface area (Å²) in [5.41, 5.74) is 8.85. The lowest BCUT2D eigenvalue weighted by Crippen LogP contribution is -2.20. The van der Waals surface area contributed by atoms with Gasteiger partial charge in [-0.15, -0.1) is 0 Å². The van der Waals surface area contributed by atoms with Crippen molar-refractivity contribution in [2.75, 3.05) is 0 Å². The fourth-order valence-corrected chi connectivity index (χ4v) is 21.9. The number of hydrogen-bond acceptors (Lipinski definition) is 2. The highest BCUT2D eigenvalue weighted by molar-refractivity contribution is 9.10. The SMILES string of the molecule is C=[SiH]OCc1ccc(-c2ccc(C)cc2)cc1C.C=[SiH]OCc1ccc(Br)cc1C.c1ccc(P(c2ccccc2)c2ccccc2)cc1.c1ccc(P(c2ccccc2)c2ccccc2)cc1.c1ccc(P(c2ccccc2)c2ccccc2)cc1.c1ccc(P(c2ccccc2)c2ccccc2)cc1. The first kappa shape index (κ1) is 78.9. The van der Waals surface area contributed by atoms with Crippen LogP contribution >= 0.6 is 47.6 Å². The molecular formula is C97H89BrO2P4Si2.